The fourth-order valence-electron chi connectivity index (χ4n) is 2.44. The first-order chi connectivity index (χ1) is 13.0. The highest BCUT2D eigenvalue weighted by atomic mass is 35.5. The first kappa shape index (κ1) is 18.8. The van der Waals surface area contributed by atoms with Crippen molar-refractivity contribution in [1.82, 2.24) is 10.2 Å². The van der Waals surface area contributed by atoms with E-state index in [9.17, 15) is 9.18 Å². The molecule has 0 aliphatic rings. The summed E-state index contributed by atoms with van der Waals surface area (Å²) in [7, 11) is 1.51. The van der Waals surface area contributed by atoms with E-state index in [1.54, 1.807) is 25.1 Å². The van der Waals surface area contributed by atoms with Crippen LogP contribution in [0.15, 0.2) is 46.9 Å². The number of halogens is 2. The van der Waals surface area contributed by atoms with Gasteiger partial charge in [0.2, 0.25) is 5.89 Å². The van der Waals surface area contributed by atoms with Crippen molar-refractivity contribution in [2.45, 2.75) is 19.4 Å². The van der Waals surface area contributed by atoms with Gasteiger partial charge >= 0.3 is 5.97 Å². The molecule has 0 aliphatic heterocycles. The van der Waals surface area contributed by atoms with Crippen molar-refractivity contribution in [3.8, 4) is 17.2 Å². The molecular formula is C19H16ClFN2O4. The highest BCUT2D eigenvalue weighted by Gasteiger charge is 2.20. The van der Waals surface area contributed by atoms with E-state index in [0.717, 1.165) is 0 Å². The van der Waals surface area contributed by atoms with Gasteiger partial charge in [-0.3, -0.25) is 4.79 Å². The van der Waals surface area contributed by atoms with Gasteiger partial charge in [0.1, 0.15) is 11.6 Å². The predicted molar refractivity (Wildman–Crippen MR) is 95.9 cm³/mol. The molecule has 140 valence electrons. The Bertz CT molecular complexity index is 943. The number of carbonyl (C=O) groups is 1. The number of ether oxygens (including phenoxy) is 2. The zero-order valence-corrected chi connectivity index (χ0v) is 15.4. The Morgan fingerprint density at radius 1 is 1.22 bits per heavy atom. The van der Waals surface area contributed by atoms with Crippen LogP contribution >= 0.6 is 11.6 Å². The minimum Gasteiger partial charge on any atom is -0.496 e. The Labute approximate surface area is 159 Å². The second-order valence-electron chi connectivity index (χ2n) is 5.72. The number of nitrogens with zero attached hydrogens (tertiary/aromatic N) is 2. The molecule has 1 heterocycles. The monoisotopic (exact) mass is 390 g/mol. The topological polar surface area (TPSA) is 74.5 Å². The quantitative estimate of drug-likeness (QED) is 0.581. The van der Waals surface area contributed by atoms with Crippen molar-refractivity contribution < 1.29 is 23.1 Å². The molecule has 0 saturated heterocycles. The molecule has 0 spiro atoms. The van der Waals surface area contributed by atoms with Gasteiger partial charge in [-0.05, 0) is 49.4 Å². The maximum absolute atomic E-state index is 13.0. The van der Waals surface area contributed by atoms with E-state index in [1.807, 2.05) is 0 Å². The number of aromatic nitrogens is 2. The molecule has 27 heavy (non-hydrogen) atoms. The van der Waals surface area contributed by atoms with Gasteiger partial charge in [0.25, 0.3) is 5.89 Å². The molecule has 0 radical (unpaired) electrons. The van der Waals surface area contributed by atoms with E-state index in [1.165, 1.54) is 31.4 Å². The van der Waals surface area contributed by atoms with Gasteiger partial charge in [-0.1, -0.05) is 11.6 Å². The molecule has 1 atom stereocenters. The number of hydrogen-bond acceptors (Lipinski definition) is 6. The zero-order valence-electron chi connectivity index (χ0n) is 14.6. The molecule has 3 rings (SSSR count). The number of esters is 1. The third-order valence-electron chi connectivity index (χ3n) is 3.77. The Morgan fingerprint density at radius 2 is 1.96 bits per heavy atom. The van der Waals surface area contributed by atoms with E-state index in [0.29, 0.717) is 21.9 Å². The lowest BCUT2D eigenvalue weighted by atomic mass is 10.1. The van der Waals surface area contributed by atoms with Crippen LogP contribution in [-0.2, 0) is 16.0 Å². The Kier molecular flexibility index (Phi) is 5.71. The van der Waals surface area contributed by atoms with Gasteiger partial charge < -0.3 is 13.9 Å². The second-order valence-corrected chi connectivity index (χ2v) is 6.15. The highest BCUT2D eigenvalue weighted by molar-refractivity contribution is 6.30. The van der Waals surface area contributed by atoms with Gasteiger partial charge in [-0.2, -0.15) is 0 Å². The lowest BCUT2D eigenvalue weighted by Gasteiger charge is -2.11. The first-order valence-corrected chi connectivity index (χ1v) is 8.45. The van der Waals surface area contributed by atoms with E-state index in [-0.39, 0.29) is 24.0 Å². The lowest BCUT2D eigenvalue weighted by Crippen LogP contribution is -2.12. The number of carbonyl (C=O) groups excluding carboxylic acids is 1. The molecule has 0 amide bonds. The average molecular weight is 391 g/mol. The molecule has 0 unspecified atom stereocenters. The number of rotatable bonds is 6. The number of methoxy groups -OCH3 is 1. The van der Waals surface area contributed by atoms with Crippen molar-refractivity contribution in [2.24, 2.45) is 0 Å². The Hall–Kier alpha value is -2.93. The summed E-state index contributed by atoms with van der Waals surface area (Å²) >= 11 is 5.97. The van der Waals surface area contributed by atoms with Crippen molar-refractivity contribution in [3.63, 3.8) is 0 Å². The molecular weight excluding hydrogens is 375 g/mol. The van der Waals surface area contributed by atoms with Crippen molar-refractivity contribution in [2.75, 3.05) is 7.11 Å². The number of benzene rings is 2. The van der Waals surface area contributed by atoms with Crippen LogP contribution in [0.25, 0.3) is 11.5 Å². The van der Waals surface area contributed by atoms with Crippen molar-refractivity contribution >= 4 is 17.6 Å². The van der Waals surface area contributed by atoms with Crippen molar-refractivity contribution in [3.05, 3.63) is 64.8 Å². The molecule has 0 aliphatic carbocycles. The number of hydrogen-bond donors (Lipinski definition) is 0. The zero-order chi connectivity index (χ0) is 19.4. The average Bonchev–Trinajstić information content (AvgIpc) is 3.13. The fraction of sp³-hybridized carbons (Fsp3) is 0.211. The summed E-state index contributed by atoms with van der Waals surface area (Å²) in [4.78, 5) is 12.2. The van der Waals surface area contributed by atoms with Crippen LogP contribution in [-0.4, -0.2) is 23.3 Å². The Balaban J connectivity index is 1.67. The molecule has 6 nitrogen and oxygen atoms in total. The highest BCUT2D eigenvalue weighted by Crippen LogP contribution is 2.25. The van der Waals surface area contributed by atoms with Gasteiger partial charge in [0.15, 0.2) is 6.10 Å². The van der Waals surface area contributed by atoms with Crippen LogP contribution in [0, 0.1) is 5.82 Å². The molecule has 0 fully saturated rings. The fourth-order valence-corrected chi connectivity index (χ4v) is 2.63. The third kappa shape index (κ3) is 4.62. The molecule has 2 aromatic carbocycles. The summed E-state index contributed by atoms with van der Waals surface area (Å²) < 4.78 is 29.1. The van der Waals surface area contributed by atoms with E-state index < -0.39 is 12.1 Å². The Morgan fingerprint density at radius 3 is 2.67 bits per heavy atom. The minimum absolute atomic E-state index is 0.0208. The van der Waals surface area contributed by atoms with Crippen LogP contribution in [0.2, 0.25) is 5.02 Å². The molecule has 1 aromatic heterocycles. The summed E-state index contributed by atoms with van der Waals surface area (Å²) in [5.74, 6) is 0.0346. The maximum Gasteiger partial charge on any atom is 0.311 e. The third-order valence-corrected chi connectivity index (χ3v) is 4.00. The lowest BCUT2D eigenvalue weighted by molar-refractivity contribution is -0.148. The first-order valence-electron chi connectivity index (χ1n) is 8.07. The SMILES string of the molecule is COc1ccc(Cl)cc1CC(=O)O[C@H](C)c1nnc(-c2ccc(F)cc2)o1. The molecule has 8 heteroatoms. The van der Waals surface area contributed by atoms with Crippen LogP contribution in [0.4, 0.5) is 4.39 Å². The summed E-state index contributed by atoms with van der Waals surface area (Å²) in [6, 6.07) is 10.6. The van der Waals surface area contributed by atoms with Crippen LogP contribution < -0.4 is 4.74 Å². The molecule has 3 aromatic rings. The summed E-state index contributed by atoms with van der Waals surface area (Å²) in [5.41, 5.74) is 1.18. The smallest absolute Gasteiger partial charge is 0.311 e. The summed E-state index contributed by atoms with van der Waals surface area (Å²) in [5, 5.41) is 8.28. The maximum atomic E-state index is 13.0. The van der Waals surface area contributed by atoms with Crippen LogP contribution in [0.3, 0.4) is 0 Å². The van der Waals surface area contributed by atoms with Gasteiger partial charge in [0, 0.05) is 16.1 Å². The van der Waals surface area contributed by atoms with E-state index in [4.69, 9.17) is 25.5 Å². The van der Waals surface area contributed by atoms with Gasteiger partial charge in [-0.15, -0.1) is 10.2 Å². The van der Waals surface area contributed by atoms with Crippen molar-refractivity contribution in [1.29, 1.82) is 0 Å². The van der Waals surface area contributed by atoms with Crippen LogP contribution in [0.5, 0.6) is 5.75 Å². The normalized spacial score (nSPS) is 11.9. The van der Waals surface area contributed by atoms with E-state index >= 15 is 0 Å². The minimum atomic E-state index is -0.746. The van der Waals surface area contributed by atoms with Gasteiger partial charge in [0.05, 0.1) is 13.5 Å². The van der Waals surface area contributed by atoms with Crippen LogP contribution in [0.1, 0.15) is 24.5 Å². The standard InChI is InChI=1S/C19H16ClFN2O4/c1-11(18-22-23-19(27-18)12-3-6-15(21)7-4-12)26-17(24)10-13-9-14(20)5-8-16(13)25-2/h3-9,11H,10H2,1-2H3/t11-/m1/s1. The summed E-state index contributed by atoms with van der Waals surface area (Å²) in [6.45, 7) is 1.62. The predicted octanol–water partition coefficient (Wildman–Crippen LogP) is 4.38. The summed E-state index contributed by atoms with van der Waals surface area (Å²) in [6.07, 6.45) is -0.767. The molecule has 0 bridgehead atoms. The largest absolute Gasteiger partial charge is 0.496 e. The van der Waals surface area contributed by atoms with E-state index in [2.05, 4.69) is 10.2 Å². The van der Waals surface area contributed by atoms with Gasteiger partial charge in [-0.25, -0.2) is 4.39 Å². The molecule has 0 saturated carbocycles. The molecule has 0 N–H and O–H groups in total. The second kappa shape index (κ2) is 8.18.